The molecule has 2 aromatic heterocycles. The lowest BCUT2D eigenvalue weighted by Crippen LogP contribution is -2.02. The van der Waals surface area contributed by atoms with E-state index in [1.807, 2.05) is 11.6 Å². The smallest absolute Gasteiger partial charge is 0.182 e. The summed E-state index contributed by atoms with van der Waals surface area (Å²) in [5, 5.41) is 6.21. The maximum absolute atomic E-state index is 4.15. The van der Waals surface area contributed by atoms with Crippen molar-refractivity contribution in [3.05, 3.63) is 29.8 Å². The number of nitrogens with one attached hydrogen (secondary N) is 2. The van der Waals surface area contributed by atoms with Gasteiger partial charge in [0.15, 0.2) is 5.13 Å². The number of aryl methyl sites for hydroxylation is 1. The monoisotopic (exact) mass is 208 g/mol. The topological polar surface area (TPSA) is 53.6 Å². The summed E-state index contributed by atoms with van der Waals surface area (Å²) in [4.78, 5) is 11.4. The lowest BCUT2D eigenvalue weighted by atomic mass is 10.3. The number of aromatic amines is 1. The summed E-state index contributed by atoms with van der Waals surface area (Å²) in [6.45, 7) is 0.939. The first kappa shape index (κ1) is 9.21. The van der Waals surface area contributed by atoms with Crippen molar-refractivity contribution in [2.75, 3.05) is 11.9 Å². The molecule has 2 rings (SSSR count). The predicted octanol–water partition coefficient (Wildman–Crippen LogP) is 1.91. The van der Waals surface area contributed by atoms with Crippen LogP contribution in [0.15, 0.2) is 24.0 Å². The number of hydrogen-bond acceptors (Lipinski definition) is 4. The molecule has 0 spiro atoms. The molecular weight excluding hydrogens is 196 g/mol. The van der Waals surface area contributed by atoms with Gasteiger partial charge in [0.1, 0.15) is 5.82 Å². The molecule has 0 saturated carbocycles. The van der Waals surface area contributed by atoms with Gasteiger partial charge in [-0.25, -0.2) is 9.97 Å². The molecule has 0 radical (unpaired) electrons. The molecule has 0 amide bonds. The van der Waals surface area contributed by atoms with Gasteiger partial charge in [-0.1, -0.05) is 0 Å². The Bertz CT molecular complexity index is 305. The molecule has 5 heteroatoms. The molecule has 4 nitrogen and oxygen atoms in total. The highest BCUT2D eigenvalue weighted by Crippen LogP contribution is 2.09. The lowest BCUT2D eigenvalue weighted by molar-refractivity contribution is 0.816. The molecular formula is C9H12N4S. The number of imidazole rings is 1. The molecule has 2 aromatic rings. The standard InChI is InChI=1S/C9H12N4S/c1(2-8-10-4-5-11-8)3-12-9-13-6-7-14-9/h4-7H,1-3H2,(H,10,11)(H,12,13). The quantitative estimate of drug-likeness (QED) is 0.738. The molecule has 2 heterocycles. The normalized spacial score (nSPS) is 10.3. The Balaban J connectivity index is 1.65. The van der Waals surface area contributed by atoms with Crippen LogP contribution < -0.4 is 5.32 Å². The van der Waals surface area contributed by atoms with Crippen molar-refractivity contribution < 1.29 is 0 Å². The number of nitrogens with zero attached hydrogens (tertiary/aromatic N) is 2. The third kappa shape index (κ3) is 2.56. The zero-order chi connectivity index (χ0) is 9.64. The van der Waals surface area contributed by atoms with Crippen LogP contribution in [0.5, 0.6) is 0 Å². The third-order valence-electron chi connectivity index (χ3n) is 1.85. The summed E-state index contributed by atoms with van der Waals surface area (Å²) in [5.74, 6) is 1.05. The van der Waals surface area contributed by atoms with Gasteiger partial charge in [-0.05, 0) is 6.42 Å². The van der Waals surface area contributed by atoms with Crippen molar-refractivity contribution in [3.63, 3.8) is 0 Å². The highest BCUT2D eigenvalue weighted by Gasteiger charge is 1.95. The highest BCUT2D eigenvalue weighted by atomic mass is 32.1. The van der Waals surface area contributed by atoms with Crippen molar-refractivity contribution in [2.45, 2.75) is 12.8 Å². The fourth-order valence-corrected chi connectivity index (χ4v) is 1.75. The first-order valence-corrected chi connectivity index (χ1v) is 5.45. The average Bonchev–Trinajstić information content (AvgIpc) is 2.86. The van der Waals surface area contributed by atoms with Gasteiger partial charge in [0.2, 0.25) is 0 Å². The molecule has 2 N–H and O–H groups in total. The van der Waals surface area contributed by atoms with Crippen LogP contribution in [-0.4, -0.2) is 21.5 Å². The molecule has 0 aliphatic carbocycles. The van der Waals surface area contributed by atoms with Gasteiger partial charge in [0, 0.05) is 36.9 Å². The maximum Gasteiger partial charge on any atom is 0.182 e. The molecule has 0 atom stereocenters. The second-order valence-electron chi connectivity index (χ2n) is 2.90. The number of thiazole rings is 1. The Morgan fingerprint density at radius 1 is 1.36 bits per heavy atom. The zero-order valence-electron chi connectivity index (χ0n) is 7.73. The summed E-state index contributed by atoms with van der Waals surface area (Å²) < 4.78 is 0. The third-order valence-corrected chi connectivity index (χ3v) is 2.58. The number of anilines is 1. The summed E-state index contributed by atoms with van der Waals surface area (Å²) in [6.07, 6.45) is 7.48. The molecule has 74 valence electrons. The van der Waals surface area contributed by atoms with Crippen LogP contribution in [0.2, 0.25) is 0 Å². The SMILES string of the molecule is c1c[nH]c(CCCNc2nccs2)n1. The summed E-state index contributed by atoms with van der Waals surface area (Å²) in [5.41, 5.74) is 0. The van der Waals surface area contributed by atoms with Crippen molar-refractivity contribution in [1.82, 2.24) is 15.0 Å². The van der Waals surface area contributed by atoms with Crippen molar-refractivity contribution >= 4 is 16.5 Å². The predicted molar refractivity (Wildman–Crippen MR) is 57.5 cm³/mol. The fraction of sp³-hybridized carbons (Fsp3) is 0.333. The van der Waals surface area contributed by atoms with Crippen LogP contribution in [0, 0.1) is 0 Å². The van der Waals surface area contributed by atoms with Gasteiger partial charge in [-0.15, -0.1) is 11.3 Å². The highest BCUT2D eigenvalue weighted by molar-refractivity contribution is 7.13. The van der Waals surface area contributed by atoms with Crippen LogP contribution in [0.1, 0.15) is 12.2 Å². The molecule has 0 aliphatic heterocycles. The first-order chi connectivity index (χ1) is 6.95. The number of hydrogen-bond donors (Lipinski definition) is 2. The maximum atomic E-state index is 4.15. The molecule has 0 saturated heterocycles. The molecule has 0 bridgehead atoms. The second kappa shape index (κ2) is 4.76. The Hall–Kier alpha value is -1.36. The van der Waals surface area contributed by atoms with Gasteiger partial charge in [0.05, 0.1) is 0 Å². The minimum Gasteiger partial charge on any atom is -0.362 e. The van der Waals surface area contributed by atoms with Gasteiger partial charge in [0.25, 0.3) is 0 Å². The minimum atomic E-state index is 0.939. The van der Waals surface area contributed by atoms with E-state index in [4.69, 9.17) is 0 Å². The largest absolute Gasteiger partial charge is 0.362 e. The van der Waals surface area contributed by atoms with Crippen molar-refractivity contribution in [3.8, 4) is 0 Å². The lowest BCUT2D eigenvalue weighted by Gasteiger charge is -2.00. The van der Waals surface area contributed by atoms with E-state index in [0.717, 1.165) is 30.3 Å². The molecule has 0 aromatic carbocycles. The molecule has 0 aliphatic rings. The minimum absolute atomic E-state index is 0.939. The van der Waals surface area contributed by atoms with Gasteiger partial charge in [-0.2, -0.15) is 0 Å². The van der Waals surface area contributed by atoms with E-state index in [2.05, 4.69) is 20.3 Å². The van der Waals surface area contributed by atoms with E-state index in [9.17, 15) is 0 Å². The molecule has 0 unspecified atom stereocenters. The number of H-pyrrole nitrogens is 1. The zero-order valence-corrected chi connectivity index (χ0v) is 8.55. The van der Waals surface area contributed by atoms with E-state index in [1.165, 1.54) is 0 Å². The Labute approximate surface area is 86.4 Å². The molecule has 0 fully saturated rings. The van der Waals surface area contributed by atoms with Crippen LogP contribution >= 0.6 is 11.3 Å². The number of rotatable bonds is 5. The molecule has 14 heavy (non-hydrogen) atoms. The van der Waals surface area contributed by atoms with Gasteiger partial charge in [-0.3, -0.25) is 0 Å². The van der Waals surface area contributed by atoms with E-state index in [1.54, 1.807) is 23.7 Å². The van der Waals surface area contributed by atoms with E-state index >= 15 is 0 Å². The Kier molecular flexibility index (Phi) is 3.13. The van der Waals surface area contributed by atoms with E-state index < -0.39 is 0 Å². The van der Waals surface area contributed by atoms with Gasteiger partial charge >= 0.3 is 0 Å². The Morgan fingerprint density at radius 2 is 2.36 bits per heavy atom. The van der Waals surface area contributed by atoms with Gasteiger partial charge < -0.3 is 10.3 Å². The van der Waals surface area contributed by atoms with Crippen LogP contribution in [0.3, 0.4) is 0 Å². The average molecular weight is 208 g/mol. The fourth-order valence-electron chi connectivity index (χ4n) is 1.20. The summed E-state index contributed by atoms with van der Waals surface area (Å²) >= 11 is 1.63. The number of aromatic nitrogens is 3. The summed E-state index contributed by atoms with van der Waals surface area (Å²) in [6, 6.07) is 0. The summed E-state index contributed by atoms with van der Waals surface area (Å²) in [7, 11) is 0. The van der Waals surface area contributed by atoms with Crippen molar-refractivity contribution in [2.24, 2.45) is 0 Å². The van der Waals surface area contributed by atoms with Crippen LogP contribution in [0.4, 0.5) is 5.13 Å². The second-order valence-corrected chi connectivity index (χ2v) is 3.80. The van der Waals surface area contributed by atoms with E-state index in [-0.39, 0.29) is 0 Å². The van der Waals surface area contributed by atoms with Crippen LogP contribution in [-0.2, 0) is 6.42 Å². The van der Waals surface area contributed by atoms with Crippen molar-refractivity contribution in [1.29, 1.82) is 0 Å². The van der Waals surface area contributed by atoms with E-state index in [0.29, 0.717) is 0 Å². The first-order valence-electron chi connectivity index (χ1n) is 4.57. The Morgan fingerprint density at radius 3 is 3.07 bits per heavy atom. The van der Waals surface area contributed by atoms with Crippen LogP contribution in [0.25, 0.3) is 0 Å².